The van der Waals surface area contributed by atoms with Crippen LogP contribution in [-0.2, 0) is 0 Å². The lowest BCUT2D eigenvalue weighted by Gasteiger charge is -2.14. The molecule has 2 heteroatoms. The number of aromatic amines is 1. The maximum atomic E-state index is 3.65. The molecule has 2 heterocycles. The smallest absolute Gasteiger partial charge is 0.0641 e. The van der Waals surface area contributed by atoms with Crippen LogP contribution in [0.15, 0.2) is 140 Å². The van der Waals surface area contributed by atoms with Gasteiger partial charge in [-0.05, 0) is 58.7 Å². The maximum absolute atomic E-state index is 3.65. The van der Waals surface area contributed by atoms with Crippen LogP contribution >= 0.6 is 0 Å². The minimum Gasteiger partial charge on any atom is -0.354 e. The molecule has 0 aliphatic heterocycles. The van der Waals surface area contributed by atoms with Crippen molar-refractivity contribution in [1.29, 1.82) is 0 Å². The summed E-state index contributed by atoms with van der Waals surface area (Å²) >= 11 is 0. The molecule has 6 aromatic carbocycles. The fourth-order valence-corrected chi connectivity index (χ4v) is 5.99. The van der Waals surface area contributed by atoms with Gasteiger partial charge in [0.15, 0.2) is 0 Å². The summed E-state index contributed by atoms with van der Waals surface area (Å²) in [5.74, 6) is 0. The van der Waals surface area contributed by atoms with Gasteiger partial charge in [-0.3, -0.25) is 0 Å². The molecule has 0 fully saturated rings. The first kappa shape index (κ1) is 21.0. The molecule has 1 N–H and O–H groups in total. The van der Waals surface area contributed by atoms with Crippen LogP contribution in [0.3, 0.4) is 0 Å². The van der Waals surface area contributed by atoms with E-state index in [0.717, 1.165) is 16.7 Å². The number of rotatable bonds is 3. The van der Waals surface area contributed by atoms with Gasteiger partial charge in [-0.1, -0.05) is 103 Å². The average molecular weight is 485 g/mol. The number of fused-ring (bicyclic) bond motifs is 7. The van der Waals surface area contributed by atoms with E-state index in [1.165, 1.54) is 54.8 Å². The molecule has 0 saturated carbocycles. The number of H-pyrrole nitrogens is 1. The van der Waals surface area contributed by atoms with E-state index in [-0.39, 0.29) is 0 Å². The Morgan fingerprint density at radius 3 is 1.74 bits per heavy atom. The molecule has 178 valence electrons. The second-order valence-corrected chi connectivity index (χ2v) is 9.91. The van der Waals surface area contributed by atoms with E-state index >= 15 is 0 Å². The predicted molar refractivity (Wildman–Crippen MR) is 161 cm³/mol. The predicted octanol–water partition coefficient (Wildman–Crippen LogP) is 9.75. The summed E-state index contributed by atoms with van der Waals surface area (Å²) < 4.78 is 2.46. The highest BCUT2D eigenvalue weighted by Crippen LogP contribution is 2.41. The third kappa shape index (κ3) is 3.14. The standard InChI is InChI=1S/C36H24N2/c1-3-11-24(12-4-1)26-21-27(25-13-5-2-6-14-25)23-28(22-26)38-34-18-10-8-15-29(34)30-19-20-33-35(36(30)38)31-16-7-9-17-32(31)37-33/h1-23,37H. The monoisotopic (exact) mass is 484 g/mol. The number of nitrogens with one attached hydrogen (secondary N) is 1. The molecule has 8 rings (SSSR count). The van der Waals surface area contributed by atoms with Crippen LogP contribution in [0.25, 0.3) is 71.6 Å². The highest BCUT2D eigenvalue weighted by molar-refractivity contribution is 6.25. The zero-order valence-corrected chi connectivity index (χ0v) is 20.7. The number of hydrogen-bond acceptors (Lipinski definition) is 0. The molecule has 0 unspecified atom stereocenters. The van der Waals surface area contributed by atoms with Gasteiger partial charge in [-0.25, -0.2) is 0 Å². The van der Waals surface area contributed by atoms with Crippen LogP contribution in [0, 0.1) is 0 Å². The summed E-state index contributed by atoms with van der Waals surface area (Å²) in [4.78, 5) is 3.65. The minimum absolute atomic E-state index is 1.16. The van der Waals surface area contributed by atoms with Crippen LogP contribution in [0.5, 0.6) is 0 Å². The molecule has 2 nitrogen and oxygen atoms in total. The number of aromatic nitrogens is 2. The Morgan fingerprint density at radius 2 is 1.03 bits per heavy atom. The van der Waals surface area contributed by atoms with Crippen molar-refractivity contribution >= 4 is 43.6 Å². The number of benzene rings is 6. The summed E-state index contributed by atoms with van der Waals surface area (Å²) in [6.45, 7) is 0. The molecular weight excluding hydrogens is 460 g/mol. The lowest BCUT2D eigenvalue weighted by Crippen LogP contribution is -1.96. The molecule has 0 atom stereocenters. The third-order valence-electron chi connectivity index (χ3n) is 7.69. The van der Waals surface area contributed by atoms with Crippen molar-refractivity contribution in [3.8, 4) is 27.9 Å². The molecule has 0 bridgehead atoms. The van der Waals surface area contributed by atoms with Gasteiger partial charge in [0.05, 0.1) is 11.0 Å². The molecule has 38 heavy (non-hydrogen) atoms. The van der Waals surface area contributed by atoms with Crippen molar-refractivity contribution in [3.05, 3.63) is 140 Å². The van der Waals surface area contributed by atoms with Crippen LogP contribution in [-0.4, -0.2) is 9.55 Å². The van der Waals surface area contributed by atoms with E-state index in [2.05, 4.69) is 149 Å². The highest BCUT2D eigenvalue weighted by Gasteiger charge is 2.18. The van der Waals surface area contributed by atoms with E-state index < -0.39 is 0 Å². The summed E-state index contributed by atoms with van der Waals surface area (Å²) in [6.07, 6.45) is 0. The van der Waals surface area contributed by atoms with Crippen LogP contribution < -0.4 is 0 Å². The highest BCUT2D eigenvalue weighted by atomic mass is 15.0. The Balaban J connectivity index is 1.54. The second-order valence-electron chi connectivity index (χ2n) is 9.91. The number of hydrogen-bond donors (Lipinski definition) is 1. The molecule has 0 saturated heterocycles. The van der Waals surface area contributed by atoms with E-state index in [9.17, 15) is 0 Å². The molecule has 8 aromatic rings. The quantitative estimate of drug-likeness (QED) is 0.258. The SMILES string of the molecule is c1ccc(-c2cc(-c3ccccc3)cc(-n3c4ccccc4c4ccc5[nH]c6ccccc6c5c43)c2)cc1. The Kier molecular flexibility index (Phi) is 4.55. The topological polar surface area (TPSA) is 20.7 Å². The molecule has 2 aromatic heterocycles. The Labute approximate surface area is 220 Å². The summed E-state index contributed by atoms with van der Waals surface area (Å²) in [6, 6.07) is 50.2. The molecular formula is C36H24N2. The van der Waals surface area contributed by atoms with Crippen molar-refractivity contribution in [2.75, 3.05) is 0 Å². The molecule has 0 spiro atoms. The fraction of sp³-hybridized carbons (Fsp3) is 0. The normalized spacial score (nSPS) is 11.7. The Bertz CT molecular complexity index is 2050. The lowest BCUT2D eigenvalue weighted by molar-refractivity contribution is 1.19. The fourth-order valence-electron chi connectivity index (χ4n) is 5.99. The maximum Gasteiger partial charge on any atom is 0.0641 e. The average Bonchev–Trinajstić information content (AvgIpc) is 3.53. The van der Waals surface area contributed by atoms with Crippen LogP contribution in [0.2, 0.25) is 0 Å². The van der Waals surface area contributed by atoms with E-state index in [4.69, 9.17) is 0 Å². The van der Waals surface area contributed by atoms with Crippen molar-refractivity contribution in [2.45, 2.75) is 0 Å². The van der Waals surface area contributed by atoms with Crippen molar-refractivity contribution < 1.29 is 0 Å². The van der Waals surface area contributed by atoms with Gasteiger partial charge < -0.3 is 9.55 Å². The van der Waals surface area contributed by atoms with Crippen molar-refractivity contribution in [1.82, 2.24) is 9.55 Å². The Morgan fingerprint density at radius 1 is 0.421 bits per heavy atom. The van der Waals surface area contributed by atoms with E-state index in [1.54, 1.807) is 0 Å². The Hall–Kier alpha value is -5.08. The van der Waals surface area contributed by atoms with Gasteiger partial charge in [0.25, 0.3) is 0 Å². The van der Waals surface area contributed by atoms with Crippen molar-refractivity contribution in [2.24, 2.45) is 0 Å². The van der Waals surface area contributed by atoms with Crippen LogP contribution in [0.4, 0.5) is 0 Å². The second kappa shape index (κ2) is 8.22. The largest absolute Gasteiger partial charge is 0.354 e. The summed E-state index contributed by atoms with van der Waals surface area (Å²) in [5.41, 5.74) is 10.8. The lowest BCUT2D eigenvalue weighted by atomic mass is 9.98. The first-order chi connectivity index (χ1) is 18.8. The molecule has 0 radical (unpaired) electrons. The zero-order chi connectivity index (χ0) is 25.1. The van der Waals surface area contributed by atoms with E-state index in [1.807, 2.05) is 0 Å². The zero-order valence-electron chi connectivity index (χ0n) is 20.7. The van der Waals surface area contributed by atoms with Gasteiger partial charge in [0, 0.05) is 38.3 Å². The van der Waals surface area contributed by atoms with Crippen LogP contribution in [0.1, 0.15) is 0 Å². The van der Waals surface area contributed by atoms with Crippen molar-refractivity contribution in [3.63, 3.8) is 0 Å². The summed E-state index contributed by atoms with van der Waals surface area (Å²) in [7, 11) is 0. The number of para-hydroxylation sites is 2. The number of nitrogens with zero attached hydrogens (tertiary/aromatic N) is 1. The van der Waals surface area contributed by atoms with E-state index in [0.29, 0.717) is 0 Å². The summed E-state index contributed by atoms with van der Waals surface area (Å²) in [5, 5.41) is 5.05. The van der Waals surface area contributed by atoms with Gasteiger partial charge in [0.1, 0.15) is 0 Å². The molecule has 0 aliphatic carbocycles. The third-order valence-corrected chi connectivity index (χ3v) is 7.69. The molecule has 0 amide bonds. The molecule has 0 aliphatic rings. The van der Waals surface area contributed by atoms with Gasteiger partial charge in [0.2, 0.25) is 0 Å². The van der Waals surface area contributed by atoms with Gasteiger partial charge >= 0.3 is 0 Å². The minimum atomic E-state index is 1.16. The first-order valence-electron chi connectivity index (χ1n) is 13.0. The van der Waals surface area contributed by atoms with Gasteiger partial charge in [-0.2, -0.15) is 0 Å². The van der Waals surface area contributed by atoms with Gasteiger partial charge in [-0.15, -0.1) is 0 Å². The first-order valence-corrected chi connectivity index (χ1v) is 13.0.